The van der Waals surface area contributed by atoms with Crippen molar-refractivity contribution in [2.45, 2.75) is 0 Å². The Kier molecular flexibility index (Phi) is 6.18. The van der Waals surface area contributed by atoms with Crippen molar-refractivity contribution in [2.75, 3.05) is 0 Å². The van der Waals surface area contributed by atoms with Crippen LogP contribution in [0.5, 0.6) is 0 Å². The lowest BCUT2D eigenvalue weighted by Gasteiger charge is -2.18. The highest BCUT2D eigenvalue weighted by molar-refractivity contribution is 6.22. The molecule has 0 atom stereocenters. The highest BCUT2D eigenvalue weighted by Crippen LogP contribution is 2.44. The van der Waals surface area contributed by atoms with E-state index < -0.39 is 0 Å². The molecule has 0 aliphatic heterocycles. The van der Waals surface area contributed by atoms with E-state index in [0.717, 1.165) is 33.2 Å². The van der Waals surface area contributed by atoms with E-state index in [2.05, 4.69) is 161 Å². The lowest BCUT2D eigenvalue weighted by Crippen LogP contribution is -1.96. The van der Waals surface area contributed by atoms with Gasteiger partial charge in [0.25, 0.3) is 0 Å². The number of benzene rings is 7. The van der Waals surface area contributed by atoms with E-state index >= 15 is 0 Å². The number of pyridine rings is 2. The molecule has 0 unspecified atom stereocenters. The van der Waals surface area contributed by atoms with Crippen LogP contribution in [0.2, 0.25) is 0 Å². The lowest BCUT2D eigenvalue weighted by atomic mass is 9.85. The Bertz CT molecular complexity index is 2790. The predicted molar refractivity (Wildman–Crippen MR) is 205 cm³/mol. The summed E-state index contributed by atoms with van der Waals surface area (Å²) in [5, 5.41) is 9.81. The molecule has 228 valence electrons. The summed E-state index contributed by atoms with van der Waals surface area (Å²) in [6.45, 7) is 0. The average molecular weight is 624 g/mol. The average Bonchev–Trinajstić information content (AvgIpc) is 3.51. The number of rotatable bonds is 4. The van der Waals surface area contributed by atoms with Crippen LogP contribution in [-0.2, 0) is 0 Å². The number of nitrogens with zero attached hydrogens (tertiary/aromatic N) is 3. The Morgan fingerprint density at radius 3 is 1.71 bits per heavy atom. The van der Waals surface area contributed by atoms with Crippen molar-refractivity contribution in [3.05, 3.63) is 176 Å². The zero-order valence-electron chi connectivity index (χ0n) is 26.6. The summed E-state index contributed by atoms with van der Waals surface area (Å²) in [6, 6.07) is 54.9. The van der Waals surface area contributed by atoms with Crippen molar-refractivity contribution < 1.29 is 0 Å². The molecular formula is C46H29N3. The van der Waals surface area contributed by atoms with Gasteiger partial charge in [0.2, 0.25) is 0 Å². The van der Waals surface area contributed by atoms with Crippen LogP contribution in [0.15, 0.2) is 176 Å². The normalized spacial score (nSPS) is 11.7. The van der Waals surface area contributed by atoms with Crippen molar-refractivity contribution in [1.29, 1.82) is 0 Å². The molecule has 3 heterocycles. The number of hydrogen-bond donors (Lipinski definition) is 0. The number of para-hydroxylation sites is 1. The Morgan fingerprint density at radius 1 is 0.347 bits per heavy atom. The zero-order valence-corrected chi connectivity index (χ0v) is 26.6. The van der Waals surface area contributed by atoms with E-state index in [1.165, 1.54) is 60.0 Å². The Morgan fingerprint density at radius 2 is 0.959 bits per heavy atom. The van der Waals surface area contributed by atoms with Crippen molar-refractivity contribution in [3.63, 3.8) is 0 Å². The van der Waals surface area contributed by atoms with Crippen molar-refractivity contribution in [1.82, 2.24) is 14.5 Å². The SMILES string of the molecule is c1cc(-c2cncc(-n3c4ccccc4c4cnccc43)c2)cc(-c2c3ccccc3c(-c3ccc4ccccc4c3)c3ccccc23)c1. The minimum Gasteiger partial charge on any atom is -0.308 e. The fourth-order valence-electron chi connectivity index (χ4n) is 7.75. The molecule has 3 nitrogen and oxygen atoms in total. The molecule has 0 fully saturated rings. The highest BCUT2D eigenvalue weighted by atomic mass is 15.0. The van der Waals surface area contributed by atoms with E-state index in [9.17, 15) is 0 Å². The van der Waals surface area contributed by atoms with Crippen LogP contribution < -0.4 is 0 Å². The number of aromatic nitrogens is 3. The summed E-state index contributed by atoms with van der Waals surface area (Å²) in [5.41, 5.74) is 10.4. The molecule has 0 spiro atoms. The molecule has 10 rings (SSSR count). The van der Waals surface area contributed by atoms with Crippen LogP contribution in [0.3, 0.4) is 0 Å². The summed E-state index contributed by atoms with van der Waals surface area (Å²) in [5.74, 6) is 0. The Labute approximate surface area is 283 Å². The number of fused-ring (bicyclic) bond motifs is 6. The molecule has 0 bridgehead atoms. The number of hydrogen-bond acceptors (Lipinski definition) is 2. The fraction of sp³-hybridized carbons (Fsp3) is 0. The van der Waals surface area contributed by atoms with Gasteiger partial charge in [0.05, 0.1) is 22.9 Å². The molecular weight excluding hydrogens is 595 g/mol. The van der Waals surface area contributed by atoms with E-state index in [-0.39, 0.29) is 0 Å². The van der Waals surface area contributed by atoms with Gasteiger partial charge in [-0.05, 0) is 90.5 Å². The molecule has 10 aromatic rings. The van der Waals surface area contributed by atoms with Crippen LogP contribution in [0.1, 0.15) is 0 Å². The van der Waals surface area contributed by atoms with Crippen LogP contribution >= 0.6 is 0 Å². The van der Waals surface area contributed by atoms with Gasteiger partial charge < -0.3 is 4.57 Å². The molecule has 7 aromatic carbocycles. The second kappa shape index (κ2) is 11.0. The van der Waals surface area contributed by atoms with Crippen LogP contribution in [0, 0.1) is 0 Å². The van der Waals surface area contributed by atoms with E-state index in [4.69, 9.17) is 4.98 Å². The topological polar surface area (TPSA) is 30.7 Å². The first-order valence-corrected chi connectivity index (χ1v) is 16.6. The van der Waals surface area contributed by atoms with E-state index in [0.29, 0.717) is 0 Å². The first-order valence-electron chi connectivity index (χ1n) is 16.6. The van der Waals surface area contributed by atoms with Gasteiger partial charge in [-0.2, -0.15) is 0 Å². The van der Waals surface area contributed by atoms with Crippen LogP contribution in [0.25, 0.3) is 93.2 Å². The summed E-state index contributed by atoms with van der Waals surface area (Å²) in [7, 11) is 0. The molecule has 0 aliphatic carbocycles. The molecule has 0 aliphatic rings. The third-order valence-corrected chi connectivity index (χ3v) is 9.91. The molecule has 49 heavy (non-hydrogen) atoms. The van der Waals surface area contributed by atoms with Crippen molar-refractivity contribution in [2.24, 2.45) is 0 Å². The maximum Gasteiger partial charge on any atom is 0.0651 e. The van der Waals surface area contributed by atoms with Gasteiger partial charge in [0.1, 0.15) is 0 Å². The van der Waals surface area contributed by atoms with Gasteiger partial charge in [0, 0.05) is 34.9 Å². The van der Waals surface area contributed by atoms with E-state index in [1.807, 2.05) is 24.8 Å². The lowest BCUT2D eigenvalue weighted by molar-refractivity contribution is 1.14. The van der Waals surface area contributed by atoms with Crippen molar-refractivity contribution >= 4 is 54.1 Å². The molecule has 0 saturated carbocycles. The fourth-order valence-corrected chi connectivity index (χ4v) is 7.75. The third-order valence-electron chi connectivity index (χ3n) is 9.91. The van der Waals surface area contributed by atoms with Crippen LogP contribution in [0.4, 0.5) is 0 Å². The first kappa shape index (κ1) is 27.5. The quantitative estimate of drug-likeness (QED) is 0.183. The largest absolute Gasteiger partial charge is 0.308 e. The maximum atomic E-state index is 4.76. The Balaban J connectivity index is 1.16. The molecule has 0 N–H and O–H groups in total. The second-order valence-electron chi connectivity index (χ2n) is 12.7. The first-order chi connectivity index (χ1) is 24.3. The van der Waals surface area contributed by atoms with Gasteiger partial charge in [-0.15, -0.1) is 0 Å². The smallest absolute Gasteiger partial charge is 0.0651 e. The summed E-state index contributed by atoms with van der Waals surface area (Å²) in [4.78, 5) is 9.19. The van der Waals surface area contributed by atoms with Gasteiger partial charge in [-0.25, -0.2) is 0 Å². The molecule has 3 aromatic heterocycles. The minimum absolute atomic E-state index is 1.02. The van der Waals surface area contributed by atoms with Gasteiger partial charge in [0.15, 0.2) is 0 Å². The molecule has 3 heteroatoms. The maximum absolute atomic E-state index is 4.76. The highest BCUT2D eigenvalue weighted by Gasteiger charge is 2.18. The van der Waals surface area contributed by atoms with Crippen LogP contribution in [-0.4, -0.2) is 14.5 Å². The molecule has 0 amide bonds. The monoisotopic (exact) mass is 623 g/mol. The third kappa shape index (κ3) is 4.37. The summed E-state index contributed by atoms with van der Waals surface area (Å²) in [6.07, 6.45) is 7.73. The second-order valence-corrected chi connectivity index (χ2v) is 12.7. The predicted octanol–water partition coefficient (Wildman–Crippen LogP) is 12.0. The van der Waals surface area contributed by atoms with Gasteiger partial charge in [-0.1, -0.05) is 121 Å². The summed E-state index contributed by atoms with van der Waals surface area (Å²) >= 11 is 0. The van der Waals surface area contributed by atoms with E-state index in [1.54, 1.807) is 0 Å². The molecule has 0 saturated heterocycles. The Hall–Kier alpha value is -6.58. The van der Waals surface area contributed by atoms with Crippen molar-refractivity contribution in [3.8, 4) is 39.1 Å². The molecule has 0 radical (unpaired) electrons. The zero-order chi connectivity index (χ0) is 32.3. The summed E-state index contributed by atoms with van der Waals surface area (Å²) < 4.78 is 2.29. The van der Waals surface area contributed by atoms with Gasteiger partial charge >= 0.3 is 0 Å². The van der Waals surface area contributed by atoms with Gasteiger partial charge in [-0.3, -0.25) is 9.97 Å². The minimum atomic E-state index is 1.02. The standard InChI is InChI=1S/C46H29N3/c1-2-11-31-24-34(21-20-30(31)10-1)46-40-17-5-3-15-38(40)45(39-16-4-6-18-41(39)46)33-13-9-12-32(25-33)35-26-36(28-48-27-35)49-43-19-8-7-14-37(43)42-29-47-23-22-44(42)49/h1-29H.